The lowest BCUT2D eigenvalue weighted by Crippen LogP contribution is -2.15. The molecule has 9 rings (SSSR count). The lowest BCUT2D eigenvalue weighted by atomic mass is 9.80. The fourth-order valence-corrected chi connectivity index (χ4v) is 7.30. The van der Waals surface area contributed by atoms with Gasteiger partial charge in [-0.05, 0) is 102 Å². The van der Waals surface area contributed by atoms with Crippen molar-refractivity contribution in [3.8, 4) is 33.4 Å². The largest absolute Gasteiger partial charge is 0.456 e. The highest BCUT2D eigenvalue weighted by Crippen LogP contribution is 2.52. The van der Waals surface area contributed by atoms with E-state index in [0.717, 1.165) is 11.2 Å². The Hall–Kier alpha value is -5.14. The van der Waals surface area contributed by atoms with Gasteiger partial charge in [0.1, 0.15) is 11.2 Å². The van der Waals surface area contributed by atoms with E-state index in [2.05, 4.69) is 147 Å². The maximum Gasteiger partial charge on any atom is 0.136 e. The Morgan fingerprint density at radius 3 is 2.00 bits per heavy atom. The summed E-state index contributed by atoms with van der Waals surface area (Å²) >= 11 is 0. The molecule has 0 spiro atoms. The summed E-state index contributed by atoms with van der Waals surface area (Å²) in [5.74, 6) is 0. The highest BCUT2D eigenvalue weighted by molar-refractivity contribution is 6.15. The second-order valence-electron chi connectivity index (χ2n) is 12.2. The van der Waals surface area contributed by atoms with Crippen LogP contribution in [0.15, 0.2) is 138 Å². The fourth-order valence-electron chi connectivity index (χ4n) is 7.30. The van der Waals surface area contributed by atoms with Crippen LogP contribution < -0.4 is 0 Å². The Morgan fingerprint density at radius 1 is 0.429 bits per heavy atom. The van der Waals surface area contributed by atoms with Gasteiger partial charge in [0.25, 0.3) is 0 Å². The van der Waals surface area contributed by atoms with Crippen LogP contribution in [-0.2, 0) is 5.41 Å². The zero-order valence-electron chi connectivity index (χ0n) is 23.6. The molecule has 1 nitrogen and oxygen atoms in total. The van der Waals surface area contributed by atoms with Crippen molar-refractivity contribution in [1.82, 2.24) is 0 Å². The molecule has 0 unspecified atom stereocenters. The molecule has 0 bridgehead atoms. The lowest BCUT2D eigenvalue weighted by Gasteiger charge is -2.23. The van der Waals surface area contributed by atoms with E-state index in [1.54, 1.807) is 0 Å². The zero-order chi connectivity index (χ0) is 28.0. The van der Waals surface area contributed by atoms with Crippen molar-refractivity contribution in [2.75, 3.05) is 0 Å². The molecule has 0 fully saturated rings. The van der Waals surface area contributed by atoms with Crippen LogP contribution in [0.2, 0.25) is 0 Å². The van der Waals surface area contributed by atoms with Gasteiger partial charge in [0.2, 0.25) is 0 Å². The van der Waals surface area contributed by atoms with E-state index < -0.39 is 0 Å². The van der Waals surface area contributed by atoms with Gasteiger partial charge < -0.3 is 4.42 Å². The molecule has 8 aromatic rings. The normalized spacial score (nSPS) is 13.7. The molecule has 1 heterocycles. The molecule has 1 aliphatic rings. The molecular weight excluding hydrogens is 508 g/mol. The summed E-state index contributed by atoms with van der Waals surface area (Å²) in [6, 6.07) is 48.7. The number of hydrogen-bond donors (Lipinski definition) is 0. The highest BCUT2D eigenvalue weighted by Gasteiger charge is 2.36. The summed E-state index contributed by atoms with van der Waals surface area (Å²) in [7, 11) is 0. The SMILES string of the molecule is CC1(C)c2cc(-c3cccc4oc5cc6ccccc6cc5c34)ccc2-c2cc3cccc(-c4ccccc4)c3cc21. The maximum absolute atomic E-state index is 6.40. The van der Waals surface area contributed by atoms with Gasteiger partial charge in [0.15, 0.2) is 0 Å². The standard InChI is InChI=1S/C41H28O/c1-41(2)36-22-29(31-16-9-17-38-40(31)35-20-26-12-6-7-13-27(26)23-39(35)42-38)18-19-32(36)34-21-28-14-8-15-30(33(28)24-37(34)41)25-10-4-3-5-11-25/h3-24H,1-2H3. The summed E-state index contributed by atoms with van der Waals surface area (Å²) in [5.41, 5.74) is 12.2. The predicted octanol–water partition coefficient (Wildman–Crippen LogP) is 11.5. The third-order valence-corrected chi connectivity index (χ3v) is 9.43. The average Bonchev–Trinajstić information content (AvgIpc) is 3.50. The van der Waals surface area contributed by atoms with Crippen LogP contribution in [0.3, 0.4) is 0 Å². The Bertz CT molecular complexity index is 2370. The van der Waals surface area contributed by atoms with Crippen LogP contribution in [-0.4, -0.2) is 0 Å². The summed E-state index contributed by atoms with van der Waals surface area (Å²) in [4.78, 5) is 0. The van der Waals surface area contributed by atoms with E-state index in [0.29, 0.717) is 0 Å². The minimum Gasteiger partial charge on any atom is -0.456 e. The van der Waals surface area contributed by atoms with E-state index >= 15 is 0 Å². The smallest absolute Gasteiger partial charge is 0.136 e. The molecular formula is C41H28O. The molecule has 0 radical (unpaired) electrons. The van der Waals surface area contributed by atoms with E-state index in [9.17, 15) is 0 Å². The molecule has 0 aliphatic heterocycles. The monoisotopic (exact) mass is 536 g/mol. The first-order valence-corrected chi connectivity index (χ1v) is 14.7. The minimum absolute atomic E-state index is 0.124. The quantitative estimate of drug-likeness (QED) is 0.214. The maximum atomic E-state index is 6.40. The third-order valence-electron chi connectivity index (χ3n) is 9.43. The van der Waals surface area contributed by atoms with Gasteiger partial charge >= 0.3 is 0 Å². The second-order valence-corrected chi connectivity index (χ2v) is 12.2. The Kier molecular flexibility index (Phi) is 4.73. The van der Waals surface area contributed by atoms with Crippen molar-refractivity contribution in [3.63, 3.8) is 0 Å². The lowest BCUT2D eigenvalue weighted by molar-refractivity contribution is 0.661. The molecule has 0 N–H and O–H groups in total. The molecule has 1 heteroatoms. The summed E-state index contributed by atoms with van der Waals surface area (Å²) in [6.07, 6.45) is 0. The van der Waals surface area contributed by atoms with E-state index in [-0.39, 0.29) is 5.41 Å². The number of hydrogen-bond acceptors (Lipinski definition) is 1. The zero-order valence-corrected chi connectivity index (χ0v) is 23.6. The van der Waals surface area contributed by atoms with E-state index in [4.69, 9.17) is 4.42 Å². The minimum atomic E-state index is -0.124. The van der Waals surface area contributed by atoms with Crippen LogP contribution in [0.4, 0.5) is 0 Å². The molecule has 0 amide bonds. The van der Waals surface area contributed by atoms with Crippen LogP contribution in [0.25, 0.3) is 76.9 Å². The molecule has 7 aromatic carbocycles. The van der Waals surface area contributed by atoms with Crippen molar-refractivity contribution in [2.45, 2.75) is 19.3 Å². The number of benzene rings is 7. The summed E-state index contributed by atoms with van der Waals surface area (Å²) in [5, 5.41) is 7.38. The van der Waals surface area contributed by atoms with Gasteiger partial charge in [-0.2, -0.15) is 0 Å². The van der Waals surface area contributed by atoms with Crippen LogP contribution >= 0.6 is 0 Å². The van der Waals surface area contributed by atoms with Crippen molar-refractivity contribution >= 4 is 43.5 Å². The number of fused-ring (bicyclic) bond motifs is 8. The van der Waals surface area contributed by atoms with Crippen molar-refractivity contribution in [2.24, 2.45) is 0 Å². The molecule has 1 aromatic heterocycles. The van der Waals surface area contributed by atoms with E-state index in [1.165, 1.54) is 76.8 Å². The van der Waals surface area contributed by atoms with E-state index in [1.807, 2.05) is 0 Å². The second kappa shape index (κ2) is 8.44. The summed E-state index contributed by atoms with van der Waals surface area (Å²) < 4.78 is 6.40. The van der Waals surface area contributed by atoms with Gasteiger partial charge in [-0.1, -0.05) is 111 Å². The molecule has 0 saturated heterocycles. The van der Waals surface area contributed by atoms with Crippen LogP contribution in [0.5, 0.6) is 0 Å². The van der Waals surface area contributed by atoms with Gasteiger partial charge in [-0.15, -0.1) is 0 Å². The van der Waals surface area contributed by atoms with Crippen molar-refractivity contribution in [1.29, 1.82) is 0 Å². The topological polar surface area (TPSA) is 13.1 Å². The van der Waals surface area contributed by atoms with Gasteiger partial charge in [0.05, 0.1) is 0 Å². The Morgan fingerprint density at radius 2 is 1.14 bits per heavy atom. The third kappa shape index (κ3) is 3.25. The summed E-state index contributed by atoms with van der Waals surface area (Å²) in [6.45, 7) is 4.75. The van der Waals surface area contributed by atoms with Gasteiger partial charge in [-0.3, -0.25) is 0 Å². The number of furan rings is 1. The fraction of sp³-hybridized carbons (Fsp3) is 0.0732. The first-order valence-electron chi connectivity index (χ1n) is 14.7. The predicted molar refractivity (Wildman–Crippen MR) is 177 cm³/mol. The molecule has 1 aliphatic carbocycles. The first-order chi connectivity index (χ1) is 20.6. The van der Waals surface area contributed by atoms with Crippen molar-refractivity contribution < 1.29 is 4.42 Å². The van der Waals surface area contributed by atoms with Gasteiger partial charge in [-0.25, -0.2) is 0 Å². The molecule has 0 atom stereocenters. The molecule has 198 valence electrons. The first kappa shape index (κ1) is 23.6. The van der Waals surface area contributed by atoms with Crippen molar-refractivity contribution in [3.05, 3.63) is 145 Å². The number of rotatable bonds is 2. The Labute approximate surface area is 244 Å². The average molecular weight is 537 g/mol. The molecule has 0 saturated carbocycles. The highest BCUT2D eigenvalue weighted by atomic mass is 16.3. The van der Waals surface area contributed by atoms with Gasteiger partial charge in [0, 0.05) is 16.2 Å². The molecule has 42 heavy (non-hydrogen) atoms. The Balaban J connectivity index is 1.24. The van der Waals surface area contributed by atoms with Crippen LogP contribution in [0.1, 0.15) is 25.0 Å². The van der Waals surface area contributed by atoms with Crippen LogP contribution in [0, 0.1) is 0 Å².